The molecule has 4 amide bonds. The summed E-state index contributed by atoms with van der Waals surface area (Å²) in [5.74, 6) is -0.672. The Hall–Kier alpha value is -3.68. The molecule has 0 fully saturated rings. The highest BCUT2D eigenvalue weighted by atomic mass is 16.2. The first-order valence-corrected chi connectivity index (χ1v) is 9.67. The van der Waals surface area contributed by atoms with Crippen LogP contribution < -0.4 is 21.3 Å². The van der Waals surface area contributed by atoms with Gasteiger partial charge in [0, 0.05) is 49.4 Å². The maximum absolute atomic E-state index is 12.1. The molecule has 2 aromatic carbocycles. The molecule has 0 aliphatic carbocycles. The molecule has 0 aromatic heterocycles. The summed E-state index contributed by atoms with van der Waals surface area (Å²) >= 11 is 0. The van der Waals surface area contributed by atoms with Crippen molar-refractivity contribution in [2.24, 2.45) is 0 Å². The van der Waals surface area contributed by atoms with Gasteiger partial charge in [0.1, 0.15) is 0 Å². The van der Waals surface area contributed by atoms with Crippen molar-refractivity contribution >= 4 is 46.4 Å². The number of carbonyl (C=O) groups excluding carboxylic acids is 4. The maximum atomic E-state index is 12.1. The van der Waals surface area contributed by atoms with Gasteiger partial charge in [-0.25, -0.2) is 0 Å². The fourth-order valence-corrected chi connectivity index (χ4v) is 2.77. The Morgan fingerprint density at radius 3 is 1.27 bits per heavy atom. The fraction of sp³-hybridized carbons (Fsp3) is 0.273. The quantitative estimate of drug-likeness (QED) is 0.471. The van der Waals surface area contributed by atoms with Crippen molar-refractivity contribution in [3.05, 3.63) is 48.5 Å². The number of benzene rings is 2. The summed E-state index contributed by atoms with van der Waals surface area (Å²) in [7, 11) is 0. The van der Waals surface area contributed by atoms with Gasteiger partial charge in [0.2, 0.25) is 23.6 Å². The third kappa shape index (κ3) is 8.55. The van der Waals surface area contributed by atoms with Crippen LogP contribution in [0, 0.1) is 0 Å². The molecule has 0 heterocycles. The second-order valence-electron chi connectivity index (χ2n) is 6.83. The monoisotopic (exact) mass is 410 g/mol. The highest BCUT2D eigenvalue weighted by molar-refractivity contribution is 5.94. The lowest BCUT2D eigenvalue weighted by molar-refractivity contribution is -0.118. The minimum atomic E-state index is -0.182. The maximum Gasteiger partial charge on any atom is 0.224 e. The van der Waals surface area contributed by atoms with Crippen LogP contribution in [-0.2, 0) is 19.2 Å². The van der Waals surface area contributed by atoms with Gasteiger partial charge in [-0.3, -0.25) is 19.2 Å². The fourth-order valence-electron chi connectivity index (χ4n) is 2.77. The van der Waals surface area contributed by atoms with E-state index in [0.717, 1.165) is 0 Å². The van der Waals surface area contributed by atoms with Crippen molar-refractivity contribution in [2.45, 2.75) is 39.5 Å². The van der Waals surface area contributed by atoms with Crippen LogP contribution in [0.25, 0.3) is 0 Å². The first-order valence-electron chi connectivity index (χ1n) is 9.67. The molecule has 0 aliphatic rings. The molecule has 30 heavy (non-hydrogen) atoms. The zero-order valence-electron chi connectivity index (χ0n) is 17.1. The minimum absolute atomic E-state index is 0.154. The Labute approximate surface area is 175 Å². The lowest BCUT2D eigenvalue weighted by atomic mass is 10.1. The smallest absolute Gasteiger partial charge is 0.224 e. The third-order valence-corrected chi connectivity index (χ3v) is 3.99. The molecule has 0 radical (unpaired) electrons. The Morgan fingerprint density at radius 1 is 0.600 bits per heavy atom. The minimum Gasteiger partial charge on any atom is -0.326 e. The van der Waals surface area contributed by atoms with Gasteiger partial charge >= 0.3 is 0 Å². The molecule has 4 N–H and O–H groups in total. The van der Waals surface area contributed by atoms with E-state index in [1.807, 2.05) is 0 Å². The molecule has 0 aliphatic heterocycles. The topological polar surface area (TPSA) is 116 Å². The van der Waals surface area contributed by atoms with Crippen molar-refractivity contribution in [1.82, 2.24) is 0 Å². The standard InChI is InChI=1S/C22H26N4O4/c1-15(27)23-17-7-5-9-19(13-17)25-21(29)11-3-4-12-22(30)26-20-10-6-8-18(14-20)24-16(2)28/h5-10,13-14H,3-4,11-12H2,1-2H3,(H,23,27)(H,24,28)(H,25,29)(H,26,30). The van der Waals surface area contributed by atoms with Gasteiger partial charge < -0.3 is 21.3 Å². The lowest BCUT2D eigenvalue weighted by Crippen LogP contribution is -2.14. The summed E-state index contributed by atoms with van der Waals surface area (Å²) in [6.07, 6.45) is 1.71. The number of unbranched alkanes of at least 4 members (excludes halogenated alkanes) is 1. The Morgan fingerprint density at radius 2 is 0.933 bits per heavy atom. The van der Waals surface area contributed by atoms with Gasteiger partial charge in [0.25, 0.3) is 0 Å². The number of rotatable bonds is 9. The highest BCUT2D eigenvalue weighted by Crippen LogP contribution is 2.17. The van der Waals surface area contributed by atoms with Gasteiger partial charge in [-0.15, -0.1) is 0 Å². The van der Waals surface area contributed by atoms with Crippen molar-refractivity contribution in [1.29, 1.82) is 0 Å². The second-order valence-corrected chi connectivity index (χ2v) is 6.83. The lowest BCUT2D eigenvalue weighted by Gasteiger charge is -2.09. The predicted octanol–water partition coefficient (Wildman–Crippen LogP) is 3.74. The zero-order chi connectivity index (χ0) is 21.9. The molecular formula is C22H26N4O4. The van der Waals surface area contributed by atoms with E-state index in [0.29, 0.717) is 35.6 Å². The molecule has 0 bridgehead atoms. The molecule has 0 atom stereocenters. The summed E-state index contributed by atoms with van der Waals surface area (Å²) in [6, 6.07) is 13.8. The number of amides is 4. The van der Waals surface area contributed by atoms with Crippen LogP contribution in [0.4, 0.5) is 22.7 Å². The first-order chi connectivity index (χ1) is 14.3. The number of hydrogen-bond acceptors (Lipinski definition) is 4. The number of nitrogens with one attached hydrogen (secondary N) is 4. The van der Waals surface area contributed by atoms with Crippen LogP contribution in [0.15, 0.2) is 48.5 Å². The van der Waals surface area contributed by atoms with E-state index in [2.05, 4.69) is 21.3 Å². The normalized spacial score (nSPS) is 10.1. The molecule has 0 saturated carbocycles. The Balaban J connectivity index is 1.70. The van der Waals surface area contributed by atoms with Gasteiger partial charge in [-0.2, -0.15) is 0 Å². The number of hydrogen-bond donors (Lipinski definition) is 4. The molecule has 0 saturated heterocycles. The SMILES string of the molecule is CC(=O)Nc1cccc(NC(=O)CCCCC(=O)Nc2cccc(NC(C)=O)c2)c1. The zero-order valence-corrected chi connectivity index (χ0v) is 17.1. The van der Waals surface area contributed by atoms with Crippen LogP contribution in [0.2, 0.25) is 0 Å². The van der Waals surface area contributed by atoms with E-state index in [1.165, 1.54) is 13.8 Å². The molecule has 8 nitrogen and oxygen atoms in total. The summed E-state index contributed by atoms with van der Waals surface area (Å²) in [6.45, 7) is 2.84. The molecular weight excluding hydrogens is 384 g/mol. The van der Waals surface area contributed by atoms with Crippen LogP contribution in [0.3, 0.4) is 0 Å². The van der Waals surface area contributed by atoms with Crippen molar-refractivity contribution in [3.63, 3.8) is 0 Å². The van der Waals surface area contributed by atoms with Crippen LogP contribution in [-0.4, -0.2) is 23.6 Å². The van der Waals surface area contributed by atoms with Crippen molar-refractivity contribution < 1.29 is 19.2 Å². The summed E-state index contributed by atoms with van der Waals surface area (Å²) < 4.78 is 0. The van der Waals surface area contributed by atoms with E-state index in [-0.39, 0.29) is 36.5 Å². The van der Waals surface area contributed by atoms with Crippen molar-refractivity contribution in [2.75, 3.05) is 21.3 Å². The number of anilines is 4. The van der Waals surface area contributed by atoms with Crippen LogP contribution >= 0.6 is 0 Å². The molecule has 158 valence electrons. The van der Waals surface area contributed by atoms with Gasteiger partial charge in [-0.05, 0) is 49.2 Å². The van der Waals surface area contributed by atoms with Crippen LogP contribution in [0.1, 0.15) is 39.5 Å². The van der Waals surface area contributed by atoms with Gasteiger partial charge in [-0.1, -0.05) is 12.1 Å². The van der Waals surface area contributed by atoms with E-state index >= 15 is 0 Å². The molecule has 0 spiro atoms. The molecule has 2 aromatic rings. The molecule has 8 heteroatoms. The number of carbonyl (C=O) groups is 4. The van der Waals surface area contributed by atoms with Gasteiger partial charge in [0.15, 0.2) is 0 Å². The Bertz CT molecular complexity index is 851. The van der Waals surface area contributed by atoms with E-state index in [9.17, 15) is 19.2 Å². The summed E-state index contributed by atoms with van der Waals surface area (Å²) in [4.78, 5) is 46.4. The first kappa shape index (κ1) is 22.6. The summed E-state index contributed by atoms with van der Waals surface area (Å²) in [5.41, 5.74) is 2.42. The van der Waals surface area contributed by atoms with E-state index in [1.54, 1.807) is 48.5 Å². The Kier molecular flexibility index (Phi) is 8.56. The largest absolute Gasteiger partial charge is 0.326 e. The predicted molar refractivity (Wildman–Crippen MR) is 117 cm³/mol. The molecule has 2 rings (SSSR count). The average Bonchev–Trinajstić information content (AvgIpc) is 2.65. The summed E-state index contributed by atoms with van der Waals surface area (Å²) in [5, 5.41) is 10.9. The highest BCUT2D eigenvalue weighted by Gasteiger charge is 2.07. The van der Waals surface area contributed by atoms with Crippen LogP contribution in [0.5, 0.6) is 0 Å². The molecule has 0 unspecified atom stereocenters. The van der Waals surface area contributed by atoms with E-state index < -0.39 is 0 Å². The van der Waals surface area contributed by atoms with Gasteiger partial charge in [0.05, 0.1) is 0 Å². The third-order valence-electron chi connectivity index (χ3n) is 3.99. The average molecular weight is 410 g/mol. The second kappa shape index (κ2) is 11.4. The van der Waals surface area contributed by atoms with E-state index in [4.69, 9.17) is 0 Å². The van der Waals surface area contributed by atoms with Crippen molar-refractivity contribution in [3.8, 4) is 0 Å².